The minimum absolute atomic E-state index is 0.0484. The van der Waals surface area contributed by atoms with E-state index in [0.29, 0.717) is 0 Å². The molecule has 0 aliphatic rings. The van der Waals surface area contributed by atoms with Gasteiger partial charge in [-0.3, -0.25) is 5.84 Å². The van der Waals surface area contributed by atoms with Crippen molar-refractivity contribution in [2.24, 2.45) is 5.84 Å². The van der Waals surface area contributed by atoms with Crippen molar-refractivity contribution >= 4 is 11.6 Å². The number of nitrogens with one attached hydrogen (secondary N) is 1. The van der Waals surface area contributed by atoms with Crippen LogP contribution < -0.4 is 11.3 Å². The van der Waals surface area contributed by atoms with Gasteiger partial charge in [-0.2, -0.15) is 0 Å². The Bertz CT molecular complexity index is 368. The smallest absolute Gasteiger partial charge is 0.0645 e. The highest BCUT2D eigenvalue weighted by atomic mass is 35.5. The Morgan fingerprint density at radius 2 is 2.13 bits per heavy atom. The molecule has 0 aliphatic heterocycles. The Labute approximate surface area is 96.1 Å². The van der Waals surface area contributed by atoms with Crippen molar-refractivity contribution in [3.05, 3.63) is 46.0 Å². The fourth-order valence-corrected chi connectivity index (χ4v) is 1.78. The summed E-state index contributed by atoms with van der Waals surface area (Å²) in [5.74, 6) is 5.53. The number of nitrogens with two attached hydrogens (primary N) is 1. The van der Waals surface area contributed by atoms with Gasteiger partial charge >= 0.3 is 0 Å². The van der Waals surface area contributed by atoms with Crippen LogP contribution in [0.3, 0.4) is 0 Å². The molecule has 1 atom stereocenters. The van der Waals surface area contributed by atoms with E-state index in [2.05, 4.69) is 25.3 Å². The lowest BCUT2D eigenvalue weighted by Gasteiger charge is -2.15. The highest BCUT2D eigenvalue weighted by Crippen LogP contribution is 2.22. The van der Waals surface area contributed by atoms with Gasteiger partial charge in [0.25, 0.3) is 0 Å². The first-order chi connectivity index (χ1) is 7.04. The third-order valence-corrected chi connectivity index (χ3v) is 2.48. The molecule has 1 aromatic carbocycles. The maximum atomic E-state index is 5.90. The number of hydrogen-bond donors (Lipinski definition) is 2. The third-order valence-electron chi connectivity index (χ3n) is 2.25. The molecule has 1 unspecified atom stereocenters. The van der Waals surface area contributed by atoms with Crippen LogP contribution >= 0.6 is 11.6 Å². The summed E-state index contributed by atoms with van der Waals surface area (Å²) in [5, 5.41) is 0.754. The van der Waals surface area contributed by atoms with Gasteiger partial charge < -0.3 is 0 Å². The van der Waals surface area contributed by atoms with Gasteiger partial charge in [0, 0.05) is 5.02 Å². The van der Waals surface area contributed by atoms with Gasteiger partial charge in [-0.15, -0.1) is 0 Å². The maximum Gasteiger partial charge on any atom is 0.0645 e. The van der Waals surface area contributed by atoms with Crippen molar-refractivity contribution in [1.29, 1.82) is 0 Å². The number of benzene rings is 1. The van der Waals surface area contributed by atoms with Crippen molar-refractivity contribution in [2.45, 2.75) is 26.8 Å². The van der Waals surface area contributed by atoms with Crippen LogP contribution in [0.4, 0.5) is 0 Å². The van der Waals surface area contributed by atoms with Crippen LogP contribution in [0.2, 0.25) is 5.02 Å². The van der Waals surface area contributed by atoms with E-state index in [9.17, 15) is 0 Å². The maximum absolute atomic E-state index is 5.90. The molecule has 0 amide bonds. The Kier molecular flexibility index (Phi) is 4.33. The second kappa shape index (κ2) is 5.31. The van der Waals surface area contributed by atoms with Crippen LogP contribution in [0.5, 0.6) is 0 Å². The minimum atomic E-state index is 0.0484. The molecule has 1 rings (SSSR count). The van der Waals surface area contributed by atoms with Crippen molar-refractivity contribution in [2.75, 3.05) is 0 Å². The topological polar surface area (TPSA) is 38.0 Å². The molecule has 0 saturated heterocycles. The summed E-state index contributed by atoms with van der Waals surface area (Å²) >= 11 is 5.90. The Balaban J connectivity index is 3.07. The molecule has 0 aromatic heterocycles. The number of hydrogen-bond acceptors (Lipinski definition) is 2. The number of aryl methyl sites for hydroxylation is 1. The molecule has 3 heteroatoms. The summed E-state index contributed by atoms with van der Waals surface area (Å²) in [6, 6.07) is 5.88. The van der Waals surface area contributed by atoms with E-state index in [1.165, 1.54) is 5.57 Å². The summed E-state index contributed by atoms with van der Waals surface area (Å²) in [7, 11) is 0. The molecule has 0 bridgehead atoms. The fourth-order valence-electron chi connectivity index (χ4n) is 1.55. The van der Waals surface area contributed by atoms with Crippen LogP contribution in [-0.2, 0) is 0 Å². The van der Waals surface area contributed by atoms with Crippen molar-refractivity contribution in [3.63, 3.8) is 0 Å². The molecule has 0 radical (unpaired) electrons. The number of hydrazine groups is 1. The Morgan fingerprint density at radius 1 is 1.47 bits per heavy atom. The number of allylic oxidation sites excluding steroid dienone is 1. The van der Waals surface area contributed by atoms with Crippen LogP contribution in [0.1, 0.15) is 31.0 Å². The van der Waals surface area contributed by atoms with Gasteiger partial charge in [-0.1, -0.05) is 29.3 Å². The first-order valence-corrected chi connectivity index (χ1v) is 5.29. The lowest BCUT2D eigenvalue weighted by molar-refractivity contribution is 0.648. The molecule has 0 saturated carbocycles. The predicted octanol–water partition coefficient (Wildman–Crippen LogP) is 3.12. The molecule has 0 spiro atoms. The molecule has 1 aromatic rings. The van der Waals surface area contributed by atoms with Gasteiger partial charge in [-0.25, -0.2) is 5.43 Å². The third kappa shape index (κ3) is 3.34. The van der Waals surface area contributed by atoms with Crippen LogP contribution in [-0.4, -0.2) is 0 Å². The molecular weight excluding hydrogens is 208 g/mol. The quantitative estimate of drug-likeness (QED) is 0.470. The van der Waals surface area contributed by atoms with E-state index in [-0.39, 0.29) is 6.04 Å². The second-order valence-electron chi connectivity index (χ2n) is 3.89. The van der Waals surface area contributed by atoms with Gasteiger partial charge in [0.05, 0.1) is 6.04 Å². The average molecular weight is 225 g/mol. The first-order valence-electron chi connectivity index (χ1n) is 4.92. The van der Waals surface area contributed by atoms with Crippen LogP contribution in [0.15, 0.2) is 29.8 Å². The van der Waals surface area contributed by atoms with Gasteiger partial charge in [-0.05, 0) is 44.0 Å². The molecule has 3 N–H and O–H groups in total. The van der Waals surface area contributed by atoms with E-state index in [4.69, 9.17) is 17.4 Å². The monoisotopic (exact) mass is 224 g/mol. The zero-order valence-electron chi connectivity index (χ0n) is 9.34. The van der Waals surface area contributed by atoms with E-state index < -0.39 is 0 Å². The zero-order chi connectivity index (χ0) is 11.4. The van der Waals surface area contributed by atoms with Crippen LogP contribution in [0.25, 0.3) is 0 Å². The Hall–Kier alpha value is -0.830. The van der Waals surface area contributed by atoms with Crippen molar-refractivity contribution < 1.29 is 0 Å². The minimum Gasteiger partial charge on any atom is -0.271 e. The molecule has 0 heterocycles. The van der Waals surface area contributed by atoms with E-state index in [0.717, 1.165) is 16.1 Å². The lowest BCUT2D eigenvalue weighted by Crippen LogP contribution is -2.27. The SMILES string of the molecule is CC(C)=CC(NN)c1ccc(Cl)cc1C. The molecule has 0 aliphatic carbocycles. The first kappa shape index (κ1) is 12.2. The van der Waals surface area contributed by atoms with Crippen LogP contribution in [0, 0.1) is 6.92 Å². The second-order valence-corrected chi connectivity index (χ2v) is 4.33. The standard InChI is InChI=1S/C12H17ClN2/c1-8(2)6-12(15-14)11-5-4-10(13)7-9(11)3/h4-7,12,15H,14H2,1-3H3. The van der Waals surface area contributed by atoms with E-state index in [1.54, 1.807) is 0 Å². The largest absolute Gasteiger partial charge is 0.271 e. The summed E-state index contributed by atoms with van der Waals surface area (Å²) in [6.45, 7) is 6.13. The molecule has 0 fully saturated rings. The van der Waals surface area contributed by atoms with Crippen molar-refractivity contribution in [3.8, 4) is 0 Å². The van der Waals surface area contributed by atoms with Gasteiger partial charge in [0.15, 0.2) is 0 Å². The van der Waals surface area contributed by atoms with E-state index >= 15 is 0 Å². The predicted molar refractivity (Wildman–Crippen MR) is 65.7 cm³/mol. The van der Waals surface area contributed by atoms with Gasteiger partial charge in [0.1, 0.15) is 0 Å². The summed E-state index contributed by atoms with van der Waals surface area (Å²) < 4.78 is 0. The number of rotatable bonds is 3. The van der Waals surface area contributed by atoms with Gasteiger partial charge in [0.2, 0.25) is 0 Å². The normalized spacial score (nSPS) is 12.3. The lowest BCUT2D eigenvalue weighted by atomic mass is 10.0. The van der Waals surface area contributed by atoms with Crippen molar-refractivity contribution in [1.82, 2.24) is 5.43 Å². The zero-order valence-corrected chi connectivity index (χ0v) is 10.1. The molecule has 82 valence electrons. The highest BCUT2D eigenvalue weighted by Gasteiger charge is 2.09. The highest BCUT2D eigenvalue weighted by molar-refractivity contribution is 6.30. The molecule has 2 nitrogen and oxygen atoms in total. The Morgan fingerprint density at radius 3 is 2.60 bits per heavy atom. The number of halogens is 1. The van der Waals surface area contributed by atoms with E-state index in [1.807, 2.05) is 25.1 Å². The average Bonchev–Trinajstić information content (AvgIpc) is 2.14. The molecular formula is C12H17ClN2. The summed E-state index contributed by atoms with van der Waals surface area (Å²) in [4.78, 5) is 0. The fraction of sp³-hybridized carbons (Fsp3) is 0.333. The summed E-state index contributed by atoms with van der Waals surface area (Å²) in [6.07, 6.45) is 2.09. The summed E-state index contributed by atoms with van der Waals surface area (Å²) in [5.41, 5.74) is 6.32. The molecule has 15 heavy (non-hydrogen) atoms.